The van der Waals surface area contributed by atoms with E-state index >= 15 is 0 Å². The molecule has 0 bridgehead atoms. The van der Waals surface area contributed by atoms with Crippen LogP contribution in [0.1, 0.15) is 0 Å². The second kappa shape index (κ2) is 3.82. The summed E-state index contributed by atoms with van der Waals surface area (Å²) in [4.78, 5) is 10.5. The van der Waals surface area contributed by atoms with Gasteiger partial charge in [0.05, 0.1) is 0 Å². The van der Waals surface area contributed by atoms with Crippen LogP contribution in [0.5, 0.6) is 5.75 Å². The van der Waals surface area contributed by atoms with E-state index in [4.69, 9.17) is 5.11 Å². The van der Waals surface area contributed by atoms with Crippen molar-refractivity contribution < 1.29 is 19.0 Å². The Kier molecular flexibility index (Phi) is 2.76. The Balaban J connectivity index is 2.64. The van der Waals surface area contributed by atoms with Crippen molar-refractivity contribution in [2.75, 3.05) is 6.61 Å². The van der Waals surface area contributed by atoms with Crippen molar-refractivity contribution in [3.05, 3.63) is 30.1 Å². The molecule has 64 valence electrons. The van der Waals surface area contributed by atoms with Crippen LogP contribution in [0.25, 0.3) is 0 Å². The summed E-state index contributed by atoms with van der Waals surface area (Å²) >= 11 is 0. The zero-order valence-corrected chi connectivity index (χ0v) is 6.16. The third-order valence-electron chi connectivity index (χ3n) is 1.17. The molecule has 0 atom stereocenters. The van der Waals surface area contributed by atoms with Crippen molar-refractivity contribution in [1.82, 2.24) is 0 Å². The number of halogens is 1. The maximum absolute atomic E-state index is 12.3. The van der Waals surface area contributed by atoms with Crippen LogP contribution in [0.15, 0.2) is 24.3 Å². The van der Waals surface area contributed by atoms with Crippen molar-refractivity contribution >= 4 is 5.97 Å². The predicted molar refractivity (Wildman–Crippen MR) is 39.1 cm³/mol. The zero-order chi connectivity index (χ0) is 8.97. The maximum atomic E-state index is 12.3. The van der Waals surface area contributed by atoms with E-state index in [2.05, 4.69) is 4.74 Å². The molecular weight excluding hydrogens is 163 g/mol. The minimum Gasteiger partial charge on any atom is -0.425 e. The highest BCUT2D eigenvalue weighted by atomic mass is 19.1. The van der Waals surface area contributed by atoms with Crippen molar-refractivity contribution in [3.63, 3.8) is 0 Å². The Hall–Kier alpha value is -1.42. The van der Waals surface area contributed by atoms with Crippen LogP contribution in [0.4, 0.5) is 4.39 Å². The summed E-state index contributed by atoms with van der Waals surface area (Å²) in [6, 6.07) is 4.95. The summed E-state index contributed by atoms with van der Waals surface area (Å²) in [5, 5.41) is 8.30. The SMILES string of the molecule is O=C(CO)Oc1ccc(F)cc1. The Morgan fingerprint density at radius 2 is 2.00 bits per heavy atom. The third-order valence-corrected chi connectivity index (χ3v) is 1.17. The fourth-order valence-electron chi connectivity index (χ4n) is 0.666. The van der Waals surface area contributed by atoms with E-state index < -0.39 is 18.4 Å². The van der Waals surface area contributed by atoms with Gasteiger partial charge >= 0.3 is 5.97 Å². The minimum atomic E-state index is -0.762. The summed E-state index contributed by atoms with van der Waals surface area (Å²) in [5.74, 6) is -0.948. The largest absolute Gasteiger partial charge is 0.425 e. The minimum absolute atomic E-state index is 0.218. The van der Waals surface area contributed by atoms with Crippen molar-refractivity contribution in [1.29, 1.82) is 0 Å². The molecule has 0 unspecified atom stereocenters. The number of hydrogen-bond acceptors (Lipinski definition) is 3. The topological polar surface area (TPSA) is 46.5 Å². The molecule has 1 rings (SSSR count). The van der Waals surface area contributed by atoms with Crippen LogP contribution in [0.3, 0.4) is 0 Å². The molecule has 0 aromatic heterocycles. The van der Waals surface area contributed by atoms with Gasteiger partial charge in [-0.25, -0.2) is 9.18 Å². The zero-order valence-electron chi connectivity index (χ0n) is 6.16. The van der Waals surface area contributed by atoms with Gasteiger partial charge in [0.1, 0.15) is 18.2 Å². The highest BCUT2D eigenvalue weighted by Gasteiger charge is 2.01. The van der Waals surface area contributed by atoms with E-state index in [1.807, 2.05) is 0 Å². The molecule has 0 heterocycles. The van der Waals surface area contributed by atoms with E-state index in [1.54, 1.807) is 0 Å². The Bertz CT molecular complexity index is 268. The molecule has 1 aromatic carbocycles. The molecule has 12 heavy (non-hydrogen) atoms. The summed E-state index contributed by atoms with van der Waals surface area (Å²) in [7, 11) is 0. The van der Waals surface area contributed by atoms with Gasteiger partial charge in [-0.3, -0.25) is 0 Å². The van der Waals surface area contributed by atoms with E-state index in [0.717, 1.165) is 0 Å². The van der Waals surface area contributed by atoms with Crippen LogP contribution < -0.4 is 4.74 Å². The van der Waals surface area contributed by atoms with Crippen molar-refractivity contribution in [3.8, 4) is 5.75 Å². The van der Waals surface area contributed by atoms with Gasteiger partial charge in [-0.05, 0) is 24.3 Å². The van der Waals surface area contributed by atoms with Gasteiger partial charge in [-0.1, -0.05) is 0 Å². The van der Waals surface area contributed by atoms with Crippen LogP contribution in [0, 0.1) is 5.82 Å². The van der Waals surface area contributed by atoms with Crippen molar-refractivity contribution in [2.45, 2.75) is 0 Å². The normalized spacial score (nSPS) is 9.50. The monoisotopic (exact) mass is 170 g/mol. The lowest BCUT2D eigenvalue weighted by molar-refractivity contribution is -0.137. The Morgan fingerprint density at radius 3 is 2.50 bits per heavy atom. The first-order valence-electron chi connectivity index (χ1n) is 3.29. The number of benzene rings is 1. The van der Waals surface area contributed by atoms with Gasteiger partial charge < -0.3 is 9.84 Å². The fourth-order valence-corrected chi connectivity index (χ4v) is 0.666. The highest BCUT2D eigenvalue weighted by molar-refractivity contribution is 5.73. The van der Waals surface area contributed by atoms with E-state index in [9.17, 15) is 9.18 Å². The van der Waals surface area contributed by atoms with E-state index in [1.165, 1.54) is 24.3 Å². The average molecular weight is 170 g/mol. The Morgan fingerprint density at radius 1 is 1.42 bits per heavy atom. The number of carbonyl (C=O) groups excluding carboxylic acids is 1. The smallest absolute Gasteiger partial charge is 0.337 e. The maximum Gasteiger partial charge on any atom is 0.337 e. The van der Waals surface area contributed by atoms with E-state index in [-0.39, 0.29) is 5.75 Å². The predicted octanol–water partition coefficient (Wildman–Crippen LogP) is 0.723. The van der Waals surface area contributed by atoms with Gasteiger partial charge in [0.25, 0.3) is 0 Å². The van der Waals surface area contributed by atoms with Gasteiger partial charge in [-0.2, -0.15) is 0 Å². The molecule has 0 saturated carbocycles. The first kappa shape index (κ1) is 8.67. The highest BCUT2D eigenvalue weighted by Crippen LogP contribution is 2.10. The Labute approximate surface area is 68.4 Å². The molecule has 0 radical (unpaired) electrons. The summed E-state index contributed by atoms with van der Waals surface area (Å²) in [6.45, 7) is -0.683. The third kappa shape index (κ3) is 2.32. The molecule has 0 aliphatic heterocycles. The van der Waals surface area contributed by atoms with Crippen LogP contribution in [-0.2, 0) is 4.79 Å². The summed E-state index contributed by atoms with van der Waals surface area (Å²) in [5.41, 5.74) is 0. The van der Waals surface area contributed by atoms with Crippen LogP contribution in [0.2, 0.25) is 0 Å². The molecule has 0 aliphatic rings. The van der Waals surface area contributed by atoms with Gasteiger partial charge in [-0.15, -0.1) is 0 Å². The van der Waals surface area contributed by atoms with Gasteiger partial charge in [0.2, 0.25) is 0 Å². The van der Waals surface area contributed by atoms with Gasteiger partial charge in [0.15, 0.2) is 0 Å². The lowest BCUT2D eigenvalue weighted by Crippen LogP contribution is -2.11. The van der Waals surface area contributed by atoms with Gasteiger partial charge in [0, 0.05) is 0 Å². The number of aliphatic hydroxyl groups is 1. The molecule has 0 aliphatic carbocycles. The number of ether oxygens (including phenoxy) is 1. The average Bonchev–Trinajstić information content (AvgIpc) is 2.09. The number of esters is 1. The fraction of sp³-hybridized carbons (Fsp3) is 0.125. The summed E-state index contributed by atoms with van der Waals surface area (Å²) in [6.07, 6.45) is 0. The molecule has 0 saturated heterocycles. The molecule has 4 heteroatoms. The molecule has 1 N–H and O–H groups in total. The second-order valence-corrected chi connectivity index (χ2v) is 2.09. The second-order valence-electron chi connectivity index (χ2n) is 2.09. The lowest BCUT2D eigenvalue weighted by Gasteiger charge is -2.00. The lowest BCUT2D eigenvalue weighted by atomic mass is 10.3. The van der Waals surface area contributed by atoms with Crippen molar-refractivity contribution in [2.24, 2.45) is 0 Å². The first-order chi connectivity index (χ1) is 5.72. The summed E-state index contributed by atoms with van der Waals surface area (Å²) < 4.78 is 16.9. The number of carbonyl (C=O) groups is 1. The van der Waals surface area contributed by atoms with Crippen LogP contribution >= 0.6 is 0 Å². The molecule has 0 amide bonds. The number of hydrogen-bond donors (Lipinski definition) is 1. The molecule has 0 fully saturated rings. The number of rotatable bonds is 2. The van der Waals surface area contributed by atoms with E-state index in [0.29, 0.717) is 0 Å². The standard InChI is InChI=1S/C8H7FO3/c9-6-1-3-7(4-2-6)12-8(11)5-10/h1-4,10H,5H2. The first-order valence-corrected chi connectivity index (χ1v) is 3.29. The molecule has 3 nitrogen and oxygen atoms in total. The number of aliphatic hydroxyl groups excluding tert-OH is 1. The van der Waals surface area contributed by atoms with Crippen LogP contribution in [-0.4, -0.2) is 17.7 Å². The quantitative estimate of drug-likeness (QED) is 0.525. The molecular formula is C8H7FO3. The molecule has 1 aromatic rings. The molecule has 0 spiro atoms.